The van der Waals surface area contributed by atoms with E-state index in [2.05, 4.69) is 22.1 Å². The van der Waals surface area contributed by atoms with Crippen LogP contribution in [-0.2, 0) is 6.42 Å². The number of aromatic nitrogens is 2. The molecular formula is C13H13N3O. The Balaban J connectivity index is 2.07. The van der Waals surface area contributed by atoms with Crippen LogP contribution in [0.5, 0.6) is 0 Å². The average Bonchev–Trinajstić information content (AvgIpc) is 2.97. The molecule has 0 aliphatic carbocycles. The second kappa shape index (κ2) is 4.07. The number of imidazole rings is 1. The number of furan rings is 1. The molecule has 0 saturated carbocycles. The number of benzene rings is 1. The predicted octanol–water partition coefficient (Wildman–Crippen LogP) is 2.32. The number of nitrogens with zero attached hydrogens (tertiary/aromatic N) is 1. The van der Waals surface area contributed by atoms with Crippen LogP contribution in [0.2, 0.25) is 0 Å². The lowest BCUT2D eigenvalue weighted by molar-refractivity contribution is 0.578. The van der Waals surface area contributed by atoms with Crippen molar-refractivity contribution in [2.24, 2.45) is 5.73 Å². The molecule has 0 atom stereocenters. The zero-order chi connectivity index (χ0) is 11.7. The van der Waals surface area contributed by atoms with Crippen molar-refractivity contribution in [1.82, 2.24) is 9.97 Å². The minimum absolute atomic E-state index is 0.657. The van der Waals surface area contributed by atoms with Gasteiger partial charge in [-0.1, -0.05) is 6.07 Å². The van der Waals surface area contributed by atoms with Crippen molar-refractivity contribution in [3.05, 3.63) is 42.2 Å². The predicted molar refractivity (Wildman–Crippen MR) is 66.6 cm³/mol. The molecule has 1 aromatic carbocycles. The Labute approximate surface area is 98.5 Å². The molecule has 86 valence electrons. The van der Waals surface area contributed by atoms with E-state index < -0.39 is 0 Å². The second-order valence-electron chi connectivity index (χ2n) is 3.95. The van der Waals surface area contributed by atoms with Gasteiger partial charge in [0, 0.05) is 0 Å². The standard InChI is InChI=1S/C13H13N3O/c14-6-5-9-3-4-10-11(8-9)16-13(15-10)12-2-1-7-17-12/h1-4,7-8H,5-6,14H2,(H,15,16). The lowest BCUT2D eigenvalue weighted by Gasteiger charge is -1.96. The van der Waals surface area contributed by atoms with Crippen LogP contribution in [0, 0.1) is 0 Å². The van der Waals surface area contributed by atoms with E-state index in [1.165, 1.54) is 5.56 Å². The molecule has 2 aromatic heterocycles. The summed E-state index contributed by atoms with van der Waals surface area (Å²) in [6.45, 7) is 0.657. The molecular weight excluding hydrogens is 214 g/mol. The first-order chi connectivity index (χ1) is 8.36. The molecule has 0 spiro atoms. The van der Waals surface area contributed by atoms with E-state index in [4.69, 9.17) is 10.2 Å². The summed E-state index contributed by atoms with van der Waals surface area (Å²) in [5.41, 5.74) is 8.72. The number of hydrogen-bond donors (Lipinski definition) is 2. The summed E-state index contributed by atoms with van der Waals surface area (Å²) in [5, 5.41) is 0. The van der Waals surface area contributed by atoms with E-state index in [9.17, 15) is 0 Å². The zero-order valence-electron chi connectivity index (χ0n) is 9.31. The Morgan fingerprint density at radius 1 is 1.29 bits per heavy atom. The van der Waals surface area contributed by atoms with Crippen molar-refractivity contribution in [3.8, 4) is 11.6 Å². The van der Waals surface area contributed by atoms with Gasteiger partial charge in [0.1, 0.15) is 0 Å². The number of fused-ring (bicyclic) bond motifs is 1. The third kappa shape index (κ3) is 1.83. The first-order valence-corrected chi connectivity index (χ1v) is 5.59. The zero-order valence-corrected chi connectivity index (χ0v) is 9.31. The Morgan fingerprint density at radius 2 is 2.24 bits per heavy atom. The molecule has 0 aliphatic heterocycles. The fourth-order valence-electron chi connectivity index (χ4n) is 1.91. The van der Waals surface area contributed by atoms with Gasteiger partial charge in [-0.15, -0.1) is 0 Å². The number of nitrogens with two attached hydrogens (primary N) is 1. The van der Waals surface area contributed by atoms with Crippen molar-refractivity contribution in [1.29, 1.82) is 0 Å². The van der Waals surface area contributed by atoms with Crippen LogP contribution in [0.3, 0.4) is 0 Å². The average molecular weight is 227 g/mol. The number of aromatic amines is 1. The summed E-state index contributed by atoms with van der Waals surface area (Å²) in [6.07, 6.45) is 2.52. The highest BCUT2D eigenvalue weighted by molar-refractivity contribution is 5.79. The van der Waals surface area contributed by atoms with Gasteiger partial charge in [-0.2, -0.15) is 0 Å². The molecule has 17 heavy (non-hydrogen) atoms. The fourth-order valence-corrected chi connectivity index (χ4v) is 1.91. The first-order valence-electron chi connectivity index (χ1n) is 5.59. The van der Waals surface area contributed by atoms with Gasteiger partial charge in [0.2, 0.25) is 0 Å². The Kier molecular flexibility index (Phi) is 2.42. The maximum atomic E-state index is 5.55. The highest BCUT2D eigenvalue weighted by Gasteiger charge is 2.07. The van der Waals surface area contributed by atoms with Crippen molar-refractivity contribution in [2.45, 2.75) is 6.42 Å². The van der Waals surface area contributed by atoms with Crippen LogP contribution >= 0.6 is 0 Å². The first kappa shape index (κ1) is 10.1. The summed E-state index contributed by atoms with van der Waals surface area (Å²) in [6, 6.07) is 9.88. The molecule has 2 heterocycles. The third-order valence-corrected chi connectivity index (χ3v) is 2.73. The topological polar surface area (TPSA) is 67.8 Å². The summed E-state index contributed by atoms with van der Waals surface area (Å²) in [7, 11) is 0. The van der Waals surface area contributed by atoms with E-state index in [1.54, 1.807) is 6.26 Å². The Hall–Kier alpha value is -2.07. The monoisotopic (exact) mass is 227 g/mol. The van der Waals surface area contributed by atoms with Crippen LogP contribution in [-0.4, -0.2) is 16.5 Å². The van der Waals surface area contributed by atoms with E-state index in [-0.39, 0.29) is 0 Å². The second-order valence-corrected chi connectivity index (χ2v) is 3.95. The highest BCUT2D eigenvalue weighted by atomic mass is 16.3. The molecule has 0 amide bonds. The molecule has 0 radical (unpaired) electrons. The van der Waals surface area contributed by atoms with Crippen LogP contribution < -0.4 is 5.73 Å². The van der Waals surface area contributed by atoms with Crippen LogP contribution in [0.4, 0.5) is 0 Å². The lowest BCUT2D eigenvalue weighted by Crippen LogP contribution is -2.02. The van der Waals surface area contributed by atoms with Gasteiger partial charge in [-0.3, -0.25) is 0 Å². The number of nitrogens with one attached hydrogen (secondary N) is 1. The molecule has 0 saturated heterocycles. The third-order valence-electron chi connectivity index (χ3n) is 2.73. The lowest BCUT2D eigenvalue weighted by atomic mass is 10.1. The van der Waals surface area contributed by atoms with Crippen molar-refractivity contribution >= 4 is 11.0 Å². The minimum atomic E-state index is 0.657. The molecule has 3 rings (SSSR count). The maximum Gasteiger partial charge on any atom is 0.174 e. The molecule has 4 nitrogen and oxygen atoms in total. The molecule has 3 aromatic rings. The van der Waals surface area contributed by atoms with Crippen LogP contribution in [0.15, 0.2) is 41.0 Å². The van der Waals surface area contributed by atoms with Gasteiger partial charge in [0.15, 0.2) is 11.6 Å². The molecule has 3 N–H and O–H groups in total. The molecule has 0 aliphatic rings. The van der Waals surface area contributed by atoms with Gasteiger partial charge in [0.25, 0.3) is 0 Å². The number of hydrogen-bond acceptors (Lipinski definition) is 3. The van der Waals surface area contributed by atoms with Gasteiger partial charge in [0.05, 0.1) is 17.3 Å². The SMILES string of the molecule is NCCc1ccc2nc(-c3ccco3)[nH]c2c1. The minimum Gasteiger partial charge on any atom is -0.461 e. The van der Waals surface area contributed by atoms with E-state index in [1.807, 2.05) is 18.2 Å². The summed E-state index contributed by atoms with van der Waals surface area (Å²) >= 11 is 0. The van der Waals surface area contributed by atoms with E-state index >= 15 is 0 Å². The largest absolute Gasteiger partial charge is 0.461 e. The Bertz CT molecular complexity index is 625. The normalized spacial score (nSPS) is 11.1. The van der Waals surface area contributed by atoms with Crippen LogP contribution in [0.25, 0.3) is 22.6 Å². The summed E-state index contributed by atoms with van der Waals surface area (Å²) in [5.74, 6) is 1.51. The molecule has 0 unspecified atom stereocenters. The fraction of sp³-hybridized carbons (Fsp3) is 0.154. The number of rotatable bonds is 3. The molecule has 4 heteroatoms. The van der Waals surface area contributed by atoms with Crippen molar-refractivity contribution < 1.29 is 4.42 Å². The Morgan fingerprint density at radius 3 is 3.00 bits per heavy atom. The van der Waals surface area contributed by atoms with Gasteiger partial charge < -0.3 is 15.1 Å². The number of H-pyrrole nitrogens is 1. The van der Waals surface area contributed by atoms with Crippen molar-refractivity contribution in [3.63, 3.8) is 0 Å². The summed E-state index contributed by atoms with van der Waals surface area (Å²) < 4.78 is 5.31. The van der Waals surface area contributed by atoms with E-state index in [0.717, 1.165) is 29.0 Å². The smallest absolute Gasteiger partial charge is 0.174 e. The van der Waals surface area contributed by atoms with Crippen molar-refractivity contribution in [2.75, 3.05) is 6.54 Å². The van der Waals surface area contributed by atoms with Crippen LogP contribution in [0.1, 0.15) is 5.56 Å². The van der Waals surface area contributed by atoms with Gasteiger partial charge in [-0.25, -0.2) is 4.98 Å². The molecule has 0 fully saturated rings. The summed E-state index contributed by atoms with van der Waals surface area (Å²) in [4.78, 5) is 7.73. The highest BCUT2D eigenvalue weighted by Crippen LogP contribution is 2.21. The van der Waals surface area contributed by atoms with Gasteiger partial charge in [-0.05, 0) is 42.8 Å². The quantitative estimate of drug-likeness (QED) is 0.721. The molecule has 0 bridgehead atoms. The van der Waals surface area contributed by atoms with Gasteiger partial charge >= 0.3 is 0 Å². The van der Waals surface area contributed by atoms with E-state index in [0.29, 0.717) is 6.54 Å². The maximum absolute atomic E-state index is 5.55.